The maximum atomic E-state index is 3.83. The van der Waals surface area contributed by atoms with E-state index >= 15 is 0 Å². The van der Waals surface area contributed by atoms with E-state index in [2.05, 4.69) is 78.2 Å². The van der Waals surface area contributed by atoms with E-state index in [1.807, 2.05) is 0 Å². The summed E-state index contributed by atoms with van der Waals surface area (Å²) in [6.07, 6.45) is 15.0. The van der Waals surface area contributed by atoms with Gasteiger partial charge in [-0.15, -0.1) is 0 Å². The lowest BCUT2D eigenvalue weighted by Crippen LogP contribution is -1.94. The zero-order valence-electron chi connectivity index (χ0n) is 14.4. The molecule has 3 aromatic rings. The minimum atomic E-state index is -0.994. The second kappa shape index (κ2) is 4.39. The molecule has 2 aliphatic carbocycles. The van der Waals surface area contributed by atoms with Gasteiger partial charge in [-0.05, 0) is 47.8 Å². The average molecular weight is 341 g/mol. The van der Waals surface area contributed by atoms with Crippen LogP contribution in [0.5, 0.6) is 0 Å². The van der Waals surface area contributed by atoms with Crippen molar-refractivity contribution in [3.05, 3.63) is 71.5 Å². The van der Waals surface area contributed by atoms with Gasteiger partial charge in [0, 0.05) is 26.3 Å². The Morgan fingerprint density at radius 3 is 2.80 bits per heavy atom. The molecule has 0 saturated heterocycles. The summed E-state index contributed by atoms with van der Waals surface area (Å²) < 4.78 is 0. The number of fused-ring (bicyclic) bond motifs is 9. The molecule has 3 aliphatic rings. The van der Waals surface area contributed by atoms with Crippen LogP contribution < -0.4 is 0 Å². The van der Waals surface area contributed by atoms with Gasteiger partial charge in [-0.1, -0.05) is 48.6 Å². The van der Waals surface area contributed by atoms with E-state index in [9.17, 15) is 0 Å². The Kier molecular flexibility index (Phi) is 2.42. The topological polar surface area (TPSA) is 15.8 Å². The van der Waals surface area contributed by atoms with Crippen LogP contribution in [0, 0.1) is 0 Å². The van der Waals surface area contributed by atoms with Gasteiger partial charge < -0.3 is 4.98 Å². The first-order valence-electron chi connectivity index (χ1n) is 8.76. The number of hydrogen-bond donors (Lipinski definition) is 1. The van der Waals surface area contributed by atoms with E-state index in [1.54, 1.807) is 0 Å². The Balaban J connectivity index is 1.72. The normalized spacial score (nSPS) is 19.8. The number of hydrogen-bond acceptors (Lipinski definition) is 0. The molecule has 1 nitrogen and oxygen atoms in total. The van der Waals surface area contributed by atoms with Crippen molar-refractivity contribution >= 4 is 32.6 Å². The SMILES string of the molecule is CS1(C)c2ccccc2-c2ccc3c4c([nH]c3c21)C1=CC=CCC1=C4. The molecule has 0 bridgehead atoms. The maximum Gasteiger partial charge on any atom is 0.0597 e. The van der Waals surface area contributed by atoms with Crippen LogP contribution in [-0.4, -0.2) is 17.5 Å². The van der Waals surface area contributed by atoms with Gasteiger partial charge in [0.1, 0.15) is 0 Å². The van der Waals surface area contributed by atoms with E-state index in [1.165, 1.54) is 54.2 Å². The van der Waals surface area contributed by atoms with Gasteiger partial charge in [0.15, 0.2) is 0 Å². The van der Waals surface area contributed by atoms with Crippen LogP contribution in [0.1, 0.15) is 17.7 Å². The van der Waals surface area contributed by atoms with Gasteiger partial charge in [0.25, 0.3) is 0 Å². The van der Waals surface area contributed by atoms with Gasteiger partial charge in [0.05, 0.1) is 11.2 Å². The predicted octanol–water partition coefficient (Wildman–Crippen LogP) is 6.37. The molecule has 2 aromatic carbocycles. The molecule has 0 radical (unpaired) electrons. The first-order chi connectivity index (χ1) is 12.2. The standard InChI is InChI=1S/C23H19NS/c1-25(2)20-10-6-5-9-16(20)18-12-11-17-19-13-14-7-3-4-8-15(14)21(19)24-22(17)23(18)25/h3-6,8-13,24H,7H2,1-2H3. The Hall–Kier alpha value is -2.45. The van der Waals surface area contributed by atoms with Crippen LogP contribution in [0.2, 0.25) is 0 Å². The summed E-state index contributed by atoms with van der Waals surface area (Å²) in [7, 11) is -0.994. The third-order valence-corrected chi connectivity index (χ3v) is 8.78. The summed E-state index contributed by atoms with van der Waals surface area (Å²) in [5.41, 5.74) is 9.72. The van der Waals surface area contributed by atoms with E-state index in [4.69, 9.17) is 0 Å². The minimum Gasteiger partial charge on any atom is -0.353 e. The predicted molar refractivity (Wildman–Crippen MR) is 109 cm³/mol. The molecule has 0 unspecified atom stereocenters. The molecule has 0 amide bonds. The van der Waals surface area contributed by atoms with Crippen molar-refractivity contribution < 1.29 is 0 Å². The van der Waals surface area contributed by atoms with Crippen LogP contribution in [0.25, 0.3) is 33.7 Å². The third kappa shape index (κ3) is 1.56. The molecule has 1 aliphatic heterocycles. The molecule has 0 saturated carbocycles. The van der Waals surface area contributed by atoms with Gasteiger partial charge >= 0.3 is 0 Å². The number of aromatic amines is 1. The fourth-order valence-electron chi connectivity index (χ4n) is 4.74. The lowest BCUT2D eigenvalue weighted by molar-refractivity contribution is 1.28. The number of rotatable bonds is 0. The van der Waals surface area contributed by atoms with E-state index in [-0.39, 0.29) is 0 Å². The fourth-order valence-corrected chi connectivity index (χ4v) is 7.50. The van der Waals surface area contributed by atoms with Gasteiger partial charge in [-0.3, -0.25) is 0 Å². The molecular formula is C23H19NS. The molecule has 1 N–H and O–H groups in total. The van der Waals surface area contributed by atoms with Crippen LogP contribution >= 0.6 is 10.0 Å². The fraction of sp³-hybridized carbons (Fsp3) is 0.130. The number of allylic oxidation sites excluding steroid dienone is 5. The van der Waals surface area contributed by atoms with Crippen LogP contribution in [0.3, 0.4) is 0 Å². The average Bonchev–Trinajstić information content (AvgIpc) is 3.23. The van der Waals surface area contributed by atoms with Crippen molar-refractivity contribution in [2.24, 2.45) is 0 Å². The van der Waals surface area contributed by atoms with Crippen molar-refractivity contribution in [3.8, 4) is 11.1 Å². The Labute approximate surface area is 149 Å². The highest BCUT2D eigenvalue weighted by molar-refractivity contribution is 8.33. The van der Waals surface area contributed by atoms with E-state index in [0.717, 1.165) is 6.42 Å². The summed E-state index contributed by atoms with van der Waals surface area (Å²) in [5.74, 6) is 0. The highest BCUT2D eigenvalue weighted by atomic mass is 32.3. The van der Waals surface area contributed by atoms with E-state index < -0.39 is 10.0 Å². The highest BCUT2D eigenvalue weighted by Gasteiger charge is 2.35. The number of aromatic nitrogens is 1. The second-order valence-electron chi connectivity index (χ2n) is 7.48. The molecule has 0 fully saturated rings. The summed E-state index contributed by atoms with van der Waals surface area (Å²) >= 11 is 0. The van der Waals surface area contributed by atoms with Crippen molar-refractivity contribution in [3.63, 3.8) is 0 Å². The van der Waals surface area contributed by atoms with Crippen molar-refractivity contribution in [1.29, 1.82) is 0 Å². The molecular weight excluding hydrogens is 322 g/mol. The lowest BCUT2D eigenvalue weighted by Gasteiger charge is -2.28. The zero-order chi connectivity index (χ0) is 16.8. The molecule has 0 atom stereocenters. The number of benzene rings is 2. The number of H-pyrrole nitrogens is 1. The molecule has 2 heterocycles. The zero-order valence-corrected chi connectivity index (χ0v) is 15.2. The van der Waals surface area contributed by atoms with Gasteiger partial charge in [-0.2, -0.15) is 10.0 Å². The van der Waals surface area contributed by atoms with Crippen molar-refractivity contribution in [1.82, 2.24) is 4.98 Å². The summed E-state index contributed by atoms with van der Waals surface area (Å²) in [4.78, 5) is 6.88. The number of nitrogens with one attached hydrogen (secondary N) is 1. The Morgan fingerprint density at radius 2 is 1.88 bits per heavy atom. The maximum absolute atomic E-state index is 3.83. The van der Waals surface area contributed by atoms with E-state index in [0.29, 0.717) is 0 Å². The van der Waals surface area contributed by atoms with Gasteiger partial charge in [-0.25, -0.2) is 0 Å². The van der Waals surface area contributed by atoms with Crippen LogP contribution in [0.15, 0.2) is 70.0 Å². The van der Waals surface area contributed by atoms with Crippen LogP contribution in [0.4, 0.5) is 0 Å². The Morgan fingerprint density at radius 1 is 1.00 bits per heavy atom. The first kappa shape index (κ1) is 13.8. The van der Waals surface area contributed by atoms with Crippen molar-refractivity contribution in [2.45, 2.75) is 16.2 Å². The second-order valence-corrected chi connectivity index (χ2v) is 11.0. The lowest BCUT2D eigenvalue weighted by atomic mass is 10.0. The van der Waals surface area contributed by atoms with Crippen molar-refractivity contribution in [2.75, 3.05) is 12.5 Å². The summed E-state index contributed by atoms with van der Waals surface area (Å²) in [6, 6.07) is 13.6. The van der Waals surface area contributed by atoms with Gasteiger partial charge in [0.2, 0.25) is 0 Å². The molecule has 122 valence electrons. The molecule has 2 heteroatoms. The largest absolute Gasteiger partial charge is 0.353 e. The highest BCUT2D eigenvalue weighted by Crippen LogP contribution is 2.69. The molecule has 25 heavy (non-hydrogen) atoms. The molecule has 0 spiro atoms. The third-order valence-electron chi connectivity index (χ3n) is 5.88. The summed E-state index contributed by atoms with van der Waals surface area (Å²) in [5, 5.41) is 1.38. The minimum absolute atomic E-state index is 0.994. The molecule has 6 rings (SSSR count). The summed E-state index contributed by atoms with van der Waals surface area (Å²) in [6.45, 7) is 0. The quantitative estimate of drug-likeness (QED) is 0.489. The first-order valence-corrected chi connectivity index (χ1v) is 11.2. The molecule has 1 aromatic heterocycles. The smallest absolute Gasteiger partial charge is 0.0597 e. The monoisotopic (exact) mass is 341 g/mol. The van der Waals surface area contributed by atoms with Crippen LogP contribution in [-0.2, 0) is 0 Å². The Bertz CT molecular complexity index is 1180.